The van der Waals surface area contributed by atoms with Gasteiger partial charge in [-0.1, -0.05) is 13.3 Å². The first-order valence-electron chi connectivity index (χ1n) is 5.87. The van der Waals surface area contributed by atoms with E-state index in [2.05, 4.69) is 4.74 Å². The van der Waals surface area contributed by atoms with Crippen LogP contribution in [0, 0.1) is 11.6 Å². The highest BCUT2D eigenvalue weighted by atomic mass is 32.2. The van der Waals surface area contributed by atoms with Crippen LogP contribution >= 0.6 is 11.8 Å². The number of methoxy groups -OCH3 is 1. The third kappa shape index (κ3) is 3.93. The zero-order valence-electron chi connectivity index (χ0n) is 11.0. The van der Waals surface area contributed by atoms with Gasteiger partial charge in [-0.25, -0.2) is 13.6 Å². The molecule has 20 heavy (non-hydrogen) atoms. The minimum atomic E-state index is -1.49. The van der Waals surface area contributed by atoms with Crippen LogP contribution in [0.25, 0.3) is 0 Å². The van der Waals surface area contributed by atoms with Gasteiger partial charge in [-0.2, -0.15) is 0 Å². The number of aromatic carboxylic acids is 1. The SMILES string of the molecule is CCCC(Sc1cc(C(=O)O)c(F)cc1F)C(=O)OC. The standard InChI is InChI=1S/C13H14F2O4S/c1-3-4-10(13(18)19-2)20-11-5-7(12(16)17)8(14)6-9(11)15/h5-6,10H,3-4H2,1-2H3,(H,16,17). The summed E-state index contributed by atoms with van der Waals surface area (Å²) in [4.78, 5) is 22.3. The first kappa shape index (κ1) is 16.4. The summed E-state index contributed by atoms with van der Waals surface area (Å²) in [6.07, 6.45) is 1.11. The second kappa shape index (κ2) is 7.23. The zero-order chi connectivity index (χ0) is 15.3. The summed E-state index contributed by atoms with van der Waals surface area (Å²) in [5.74, 6) is -4.07. The largest absolute Gasteiger partial charge is 0.478 e. The van der Waals surface area contributed by atoms with Crippen molar-refractivity contribution >= 4 is 23.7 Å². The van der Waals surface area contributed by atoms with Gasteiger partial charge in [0.25, 0.3) is 0 Å². The molecule has 7 heteroatoms. The van der Waals surface area contributed by atoms with Crippen molar-refractivity contribution in [1.29, 1.82) is 0 Å². The molecule has 1 aromatic carbocycles. The van der Waals surface area contributed by atoms with Crippen LogP contribution in [0.4, 0.5) is 8.78 Å². The van der Waals surface area contributed by atoms with Crippen molar-refractivity contribution in [3.05, 3.63) is 29.3 Å². The van der Waals surface area contributed by atoms with E-state index in [1.807, 2.05) is 6.92 Å². The summed E-state index contributed by atoms with van der Waals surface area (Å²) < 4.78 is 31.5. The second-order valence-electron chi connectivity index (χ2n) is 3.99. The molecule has 1 unspecified atom stereocenters. The average molecular weight is 304 g/mol. The van der Waals surface area contributed by atoms with E-state index < -0.39 is 34.4 Å². The molecule has 1 rings (SSSR count). The molecule has 110 valence electrons. The van der Waals surface area contributed by atoms with Crippen molar-refractivity contribution in [2.75, 3.05) is 7.11 Å². The molecule has 0 aliphatic rings. The highest BCUT2D eigenvalue weighted by Crippen LogP contribution is 2.31. The highest BCUT2D eigenvalue weighted by molar-refractivity contribution is 8.00. The molecule has 0 radical (unpaired) electrons. The van der Waals surface area contributed by atoms with Gasteiger partial charge in [-0.15, -0.1) is 11.8 Å². The Bertz CT molecular complexity index is 519. The summed E-state index contributed by atoms with van der Waals surface area (Å²) >= 11 is 0.833. The zero-order valence-corrected chi connectivity index (χ0v) is 11.8. The third-order valence-electron chi connectivity index (χ3n) is 2.54. The molecule has 0 amide bonds. The average Bonchev–Trinajstić information content (AvgIpc) is 2.39. The maximum absolute atomic E-state index is 13.7. The lowest BCUT2D eigenvalue weighted by Gasteiger charge is -2.14. The van der Waals surface area contributed by atoms with Crippen molar-refractivity contribution < 1.29 is 28.2 Å². The number of carbonyl (C=O) groups is 2. The monoisotopic (exact) mass is 304 g/mol. The molecule has 0 heterocycles. The van der Waals surface area contributed by atoms with Gasteiger partial charge in [0.2, 0.25) is 0 Å². The van der Waals surface area contributed by atoms with Crippen LogP contribution in [0.5, 0.6) is 0 Å². The molecule has 0 aliphatic heterocycles. The number of thioether (sulfide) groups is 1. The van der Waals surface area contributed by atoms with E-state index in [4.69, 9.17) is 5.11 Å². The first-order valence-corrected chi connectivity index (χ1v) is 6.75. The Hall–Kier alpha value is -1.63. The molecule has 0 bridgehead atoms. The maximum atomic E-state index is 13.7. The Kier molecular flexibility index (Phi) is 5.94. The number of rotatable bonds is 6. The fourth-order valence-corrected chi connectivity index (χ4v) is 2.77. The summed E-state index contributed by atoms with van der Waals surface area (Å²) in [5.41, 5.74) is -0.631. The molecule has 0 spiro atoms. The van der Waals surface area contributed by atoms with E-state index >= 15 is 0 Å². The number of hydrogen-bond acceptors (Lipinski definition) is 4. The maximum Gasteiger partial charge on any atom is 0.338 e. The van der Waals surface area contributed by atoms with E-state index in [0.717, 1.165) is 17.8 Å². The molecule has 0 saturated heterocycles. The Morgan fingerprint density at radius 2 is 2.00 bits per heavy atom. The van der Waals surface area contributed by atoms with Crippen LogP contribution in [0.1, 0.15) is 30.1 Å². The Morgan fingerprint density at radius 1 is 1.35 bits per heavy atom. The number of halogens is 2. The molecule has 0 saturated carbocycles. The molecule has 1 N–H and O–H groups in total. The van der Waals surface area contributed by atoms with E-state index in [9.17, 15) is 18.4 Å². The van der Waals surface area contributed by atoms with Gasteiger partial charge in [-0.05, 0) is 12.5 Å². The number of carbonyl (C=O) groups excluding carboxylic acids is 1. The number of ether oxygens (including phenoxy) is 1. The predicted octanol–water partition coefficient (Wildman–Crippen LogP) is 3.10. The van der Waals surface area contributed by atoms with Crippen LogP contribution in [-0.4, -0.2) is 29.4 Å². The number of carboxylic acid groups (broad SMARTS) is 1. The minimum absolute atomic E-state index is 0.0901. The van der Waals surface area contributed by atoms with Gasteiger partial charge in [-0.3, -0.25) is 4.79 Å². The molecule has 1 atom stereocenters. The molecule has 4 nitrogen and oxygen atoms in total. The molecule has 0 aromatic heterocycles. The van der Waals surface area contributed by atoms with Gasteiger partial charge in [0.1, 0.15) is 16.9 Å². The molecule has 0 fully saturated rings. The molecular formula is C13H14F2O4S. The predicted molar refractivity (Wildman–Crippen MR) is 69.9 cm³/mol. The number of carboxylic acids is 1. The van der Waals surface area contributed by atoms with Crippen molar-refractivity contribution in [3.8, 4) is 0 Å². The lowest BCUT2D eigenvalue weighted by molar-refractivity contribution is -0.140. The summed E-state index contributed by atoms with van der Waals surface area (Å²) in [6, 6.07) is 1.40. The molecule has 0 aliphatic carbocycles. The first-order chi connectivity index (χ1) is 9.40. The van der Waals surface area contributed by atoms with Crippen LogP contribution < -0.4 is 0 Å². The Morgan fingerprint density at radius 3 is 2.50 bits per heavy atom. The number of hydrogen-bond donors (Lipinski definition) is 1. The lowest BCUT2D eigenvalue weighted by atomic mass is 10.2. The topological polar surface area (TPSA) is 63.6 Å². The van der Waals surface area contributed by atoms with Crippen LogP contribution in [0.3, 0.4) is 0 Å². The van der Waals surface area contributed by atoms with Crippen molar-refractivity contribution in [1.82, 2.24) is 0 Å². The number of benzene rings is 1. The minimum Gasteiger partial charge on any atom is -0.478 e. The summed E-state index contributed by atoms with van der Waals surface area (Å²) in [7, 11) is 1.22. The van der Waals surface area contributed by atoms with Gasteiger partial charge >= 0.3 is 11.9 Å². The van der Waals surface area contributed by atoms with Crippen LogP contribution in [0.2, 0.25) is 0 Å². The van der Waals surface area contributed by atoms with Crippen molar-refractivity contribution in [2.24, 2.45) is 0 Å². The number of esters is 1. The fraction of sp³-hybridized carbons (Fsp3) is 0.385. The fourth-order valence-electron chi connectivity index (χ4n) is 1.56. The summed E-state index contributed by atoms with van der Waals surface area (Å²) in [6.45, 7) is 1.85. The van der Waals surface area contributed by atoms with Gasteiger partial charge in [0.05, 0.1) is 12.7 Å². The quantitative estimate of drug-likeness (QED) is 0.646. The third-order valence-corrected chi connectivity index (χ3v) is 3.82. The Labute approximate surface area is 119 Å². The van der Waals surface area contributed by atoms with Gasteiger partial charge in [0.15, 0.2) is 0 Å². The highest BCUT2D eigenvalue weighted by Gasteiger charge is 2.23. The van der Waals surface area contributed by atoms with Gasteiger partial charge in [0, 0.05) is 11.0 Å². The van der Waals surface area contributed by atoms with Gasteiger partial charge < -0.3 is 9.84 Å². The lowest BCUT2D eigenvalue weighted by Crippen LogP contribution is -2.18. The summed E-state index contributed by atoms with van der Waals surface area (Å²) in [5, 5.41) is 8.15. The van der Waals surface area contributed by atoms with E-state index in [-0.39, 0.29) is 4.90 Å². The van der Waals surface area contributed by atoms with E-state index in [1.54, 1.807) is 0 Å². The van der Waals surface area contributed by atoms with E-state index in [0.29, 0.717) is 18.9 Å². The second-order valence-corrected chi connectivity index (χ2v) is 5.23. The van der Waals surface area contributed by atoms with Crippen LogP contribution in [-0.2, 0) is 9.53 Å². The molecular weight excluding hydrogens is 290 g/mol. The van der Waals surface area contributed by atoms with Crippen molar-refractivity contribution in [2.45, 2.75) is 29.9 Å². The van der Waals surface area contributed by atoms with Crippen molar-refractivity contribution in [3.63, 3.8) is 0 Å². The molecule has 1 aromatic rings. The smallest absolute Gasteiger partial charge is 0.338 e. The normalized spacial score (nSPS) is 12.0. The Balaban J connectivity index is 3.09. The van der Waals surface area contributed by atoms with Crippen LogP contribution in [0.15, 0.2) is 17.0 Å². The van der Waals surface area contributed by atoms with E-state index in [1.165, 1.54) is 7.11 Å².